The number of anilines is 2. The van der Waals surface area contributed by atoms with Crippen LogP contribution >= 0.6 is 0 Å². The lowest BCUT2D eigenvalue weighted by Crippen LogP contribution is -2.48. The van der Waals surface area contributed by atoms with Crippen molar-refractivity contribution in [1.82, 2.24) is 19.6 Å². The molecule has 2 aromatic carbocycles. The van der Waals surface area contributed by atoms with Crippen molar-refractivity contribution in [1.29, 1.82) is 0 Å². The lowest BCUT2D eigenvalue weighted by molar-refractivity contribution is -0.138. The third-order valence-corrected chi connectivity index (χ3v) is 7.30. The minimum absolute atomic E-state index is 0.00715. The van der Waals surface area contributed by atoms with Gasteiger partial charge >= 0.3 is 12.4 Å². The van der Waals surface area contributed by atoms with E-state index in [1.807, 2.05) is 6.92 Å². The van der Waals surface area contributed by atoms with Gasteiger partial charge in [0.1, 0.15) is 0 Å². The number of amides is 1. The van der Waals surface area contributed by atoms with Gasteiger partial charge in [-0.2, -0.15) is 26.3 Å². The molecule has 0 atom stereocenters. The summed E-state index contributed by atoms with van der Waals surface area (Å²) in [4.78, 5) is 20.6. The van der Waals surface area contributed by atoms with E-state index in [2.05, 4.69) is 21.6 Å². The molecule has 2 saturated heterocycles. The molecule has 0 bridgehead atoms. The van der Waals surface area contributed by atoms with Gasteiger partial charge < -0.3 is 26.2 Å². The van der Waals surface area contributed by atoms with Crippen LogP contribution in [0.2, 0.25) is 0 Å². The lowest BCUT2D eigenvalue weighted by atomic mass is 10.1. The first-order chi connectivity index (χ1) is 19.2. The first-order valence-electron chi connectivity index (χ1n) is 13.6. The Labute approximate surface area is 236 Å². The minimum Gasteiger partial charge on any atom is -0.399 e. The van der Waals surface area contributed by atoms with Crippen LogP contribution in [0.1, 0.15) is 40.9 Å². The number of halogens is 6. The number of likely N-dealkylation sites (N-methyl/N-ethyl adjacent to an activating group) is 2. The van der Waals surface area contributed by atoms with E-state index >= 15 is 0 Å². The van der Waals surface area contributed by atoms with E-state index in [-0.39, 0.29) is 16.9 Å². The van der Waals surface area contributed by atoms with E-state index in [0.717, 1.165) is 70.6 Å². The Morgan fingerprint density at radius 1 is 0.659 bits per heavy atom. The third kappa shape index (κ3) is 9.50. The third-order valence-electron chi connectivity index (χ3n) is 7.30. The number of nitrogen functional groups attached to an aromatic ring is 2. The van der Waals surface area contributed by atoms with Crippen LogP contribution in [0.15, 0.2) is 36.4 Å². The number of alkyl halides is 6. The zero-order valence-corrected chi connectivity index (χ0v) is 23.4. The quantitative estimate of drug-likeness (QED) is 0.396. The Balaban J connectivity index is 0.000000226. The fraction of sp³-hybridized carbons (Fsp3) is 0.536. The Bertz CT molecular complexity index is 1160. The van der Waals surface area contributed by atoms with Crippen molar-refractivity contribution in [2.45, 2.75) is 32.7 Å². The Morgan fingerprint density at radius 2 is 1.10 bits per heavy atom. The van der Waals surface area contributed by atoms with Crippen LogP contribution in [0.4, 0.5) is 37.7 Å². The Hall–Kier alpha value is -3.03. The van der Waals surface area contributed by atoms with Crippen molar-refractivity contribution in [2.75, 3.05) is 76.9 Å². The number of nitrogens with zero attached hydrogens (tertiary/aromatic N) is 4. The molecule has 1 amide bonds. The van der Waals surface area contributed by atoms with Crippen molar-refractivity contribution < 1.29 is 31.1 Å². The number of carbonyl (C=O) groups excluding carboxylic acids is 1. The predicted molar refractivity (Wildman–Crippen MR) is 147 cm³/mol. The molecule has 0 aromatic heterocycles. The first kappa shape index (κ1) is 32.5. The van der Waals surface area contributed by atoms with Gasteiger partial charge in [0, 0.05) is 75.8 Å². The normalized spacial score (nSPS) is 17.7. The molecule has 228 valence electrons. The van der Waals surface area contributed by atoms with Gasteiger partial charge in [-0.05, 0) is 55.1 Å². The summed E-state index contributed by atoms with van der Waals surface area (Å²) >= 11 is 0. The fourth-order valence-corrected chi connectivity index (χ4v) is 4.88. The van der Waals surface area contributed by atoms with Gasteiger partial charge in [-0.3, -0.25) is 9.69 Å². The fourth-order valence-electron chi connectivity index (χ4n) is 4.88. The average Bonchev–Trinajstić information content (AvgIpc) is 2.92. The summed E-state index contributed by atoms with van der Waals surface area (Å²) in [6.07, 6.45) is -8.85. The maximum absolute atomic E-state index is 12.8. The van der Waals surface area contributed by atoms with Crippen molar-refractivity contribution in [3.05, 3.63) is 58.7 Å². The largest absolute Gasteiger partial charge is 0.416 e. The molecule has 0 aliphatic carbocycles. The van der Waals surface area contributed by atoms with Crippen LogP contribution in [0.5, 0.6) is 0 Å². The number of rotatable bonds is 5. The highest BCUT2D eigenvalue weighted by Crippen LogP contribution is 2.32. The summed E-state index contributed by atoms with van der Waals surface area (Å²) in [5.74, 6) is -0.399. The van der Waals surface area contributed by atoms with Crippen LogP contribution in [-0.2, 0) is 18.9 Å². The molecule has 41 heavy (non-hydrogen) atoms. The molecule has 4 N–H and O–H groups in total. The zero-order valence-electron chi connectivity index (χ0n) is 23.4. The summed E-state index contributed by atoms with van der Waals surface area (Å²) in [6, 6.07) is 6.81. The van der Waals surface area contributed by atoms with Gasteiger partial charge in [0.2, 0.25) is 0 Å². The van der Waals surface area contributed by atoms with Crippen molar-refractivity contribution in [3.8, 4) is 0 Å². The number of benzene rings is 2. The molecule has 2 aliphatic heterocycles. The van der Waals surface area contributed by atoms with Crippen LogP contribution in [0.25, 0.3) is 0 Å². The van der Waals surface area contributed by atoms with Gasteiger partial charge in [0.05, 0.1) is 11.1 Å². The maximum Gasteiger partial charge on any atom is 0.416 e. The molecule has 2 fully saturated rings. The molecule has 2 aliphatic rings. The molecule has 2 heterocycles. The molecule has 0 saturated carbocycles. The molecule has 13 heteroatoms. The highest BCUT2D eigenvalue weighted by atomic mass is 19.4. The topological polar surface area (TPSA) is 82.1 Å². The summed E-state index contributed by atoms with van der Waals surface area (Å²) in [5.41, 5.74) is 10.2. The molecule has 0 unspecified atom stereocenters. The summed E-state index contributed by atoms with van der Waals surface area (Å²) in [6.45, 7) is 12.8. The molecular weight excluding hydrogens is 550 g/mol. The number of piperazine rings is 2. The van der Waals surface area contributed by atoms with Gasteiger partial charge in [0.15, 0.2) is 0 Å². The highest BCUT2D eigenvalue weighted by Gasteiger charge is 2.33. The molecule has 0 radical (unpaired) electrons. The van der Waals surface area contributed by atoms with Crippen molar-refractivity contribution >= 4 is 17.3 Å². The number of nitrogens with two attached hydrogens (primary N) is 2. The molecule has 4 rings (SSSR count). The van der Waals surface area contributed by atoms with Crippen molar-refractivity contribution in [3.63, 3.8) is 0 Å². The number of hydrogen-bond donors (Lipinski definition) is 2. The predicted octanol–water partition coefficient (Wildman–Crippen LogP) is 4.49. The van der Waals surface area contributed by atoms with E-state index < -0.39 is 29.4 Å². The van der Waals surface area contributed by atoms with Crippen LogP contribution < -0.4 is 11.5 Å². The smallest absolute Gasteiger partial charge is 0.399 e. The molecule has 7 nitrogen and oxygen atoms in total. The standard InChI is InChI=1S/C14H18F3N3O.C14H20F3N3/c1-2-19-3-5-20(6-4-19)13(21)10-7-11(14(15,16)17)9-12(18)8-10;1-2-19-3-5-20(6-4-19)10-11-7-12(14(15,16)17)9-13(18)8-11/h7-9H,2-6,18H2,1H3;7-9H,2-6,10,18H2,1H3. The molecule has 2 aromatic rings. The number of carbonyl (C=O) groups is 1. The summed E-state index contributed by atoms with van der Waals surface area (Å²) in [7, 11) is 0. The van der Waals surface area contributed by atoms with Gasteiger partial charge in [-0.25, -0.2) is 0 Å². The first-order valence-corrected chi connectivity index (χ1v) is 13.6. The van der Waals surface area contributed by atoms with E-state index in [0.29, 0.717) is 25.2 Å². The van der Waals surface area contributed by atoms with Gasteiger partial charge in [-0.1, -0.05) is 13.8 Å². The Kier molecular flexibility index (Phi) is 10.9. The maximum atomic E-state index is 12.8. The van der Waals surface area contributed by atoms with Gasteiger partial charge in [-0.15, -0.1) is 0 Å². The average molecular weight is 589 g/mol. The van der Waals surface area contributed by atoms with E-state index in [4.69, 9.17) is 11.5 Å². The zero-order chi connectivity index (χ0) is 30.4. The second-order valence-electron chi connectivity index (χ2n) is 10.2. The van der Waals surface area contributed by atoms with Crippen LogP contribution in [-0.4, -0.2) is 91.0 Å². The van der Waals surface area contributed by atoms with Crippen molar-refractivity contribution in [2.24, 2.45) is 0 Å². The molecular formula is C28H38F6N6O. The summed E-state index contributed by atoms with van der Waals surface area (Å²) in [5, 5.41) is 0. The second kappa shape index (κ2) is 13.8. The monoisotopic (exact) mass is 588 g/mol. The highest BCUT2D eigenvalue weighted by molar-refractivity contribution is 5.95. The van der Waals surface area contributed by atoms with Gasteiger partial charge in [0.25, 0.3) is 5.91 Å². The SMILES string of the molecule is CCN1CCN(C(=O)c2cc(N)cc(C(F)(F)F)c2)CC1.CCN1CCN(Cc2cc(N)cc(C(F)(F)F)c2)CC1. The summed E-state index contributed by atoms with van der Waals surface area (Å²) < 4.78 is 76.5. The van der Waals surface area contributed by atoms with Crippen LogP contribution in [0, 0.1) is 0 Å². The van der Waals surface area contributed by atoms with E-state index in [1.165, 1.54) is 12.1 Å². The van der Waals surface area contributed by atoms with E-state index in [1.54, 1.807) is 11.0 Å². The second-order valence-corrected chi connectivity index (χ2v) is 10.2. The molecule has 0 spiro atoms. The Morgan fingerprint density at radius 3 is 1.59 bits per heavy atom. The number of hydrogen-bond acceptors (Lipinski definition) is 6. The van der Waals surface area contributed by atoms with E-state index in [9.17, 15) is 31.1 Å². The lowest BCUT2D eigenvalue weighted by Gasteiger charge is -2.34. The minimum atomic E-state index is -4.51. The van der Waals surface area contributed by atoms with Crippen LogP contribution in [0.3, 0.4) is 0 Å².